The third-order valence-corrected chi connectivity index (χ3v) is 6.17. The molecule has 0 fully saturated rings. The Labute approximate surface area is 218 Å². The summed E-state index contributed by atoms with van der Waals surface area (Å²) in [4.78, 5) is 5.53. The van der Waals surface area contributed by atoms with E-state index < -0.39 is 15.9 Å². The number of hydrogen-bond donors (Lipinski definition) is 0. The Morgan fingerprint density at radius 1 is 0.676 bits per heavy atom. The molecule has 1 aromatic heterocycles. The molecule has 2 heterocycles. The Morgan fingerprint density at radius 3 is 1.65 bits per heavy atom. The van der Waals surface area contributed by atoms with Crippen LogP contribution in [0.1, 0.15) is 33.4 Å². The zero-order valence-corrected chi connectivity index (χ0v) is 21.6. The van der Waals surface area contributed by atoms with E-state index in [0.717, 1.165) is 16.8 Å². The van der Waals surface area contributed by atoms with Crippen LogP contribution in [0.4, 0.5) is 0 Å². The van der Waals surface area contributed by atoms with E-state index in [9.17, 15) is 0 Å². The molecule has 0 bridgehead atoms. The summed E-state index contributed by atoms with van der Waals surface area (Å²) in [5.41, 5.74) is 8.84. The molecule has 0 saturated carbocycles. The molecule has 0 aliphatic carbocycles. The molecule has 0 spiro atoms. The molecular weight excluding hydrogens is 488 g/mol. The summed E-state index contributed by atoms with van der Waals surface area (Å²) in [5.74, 6) is 0. The molecule has 188 valence electrons. The Morgan fingerprint density at radius 2 is 1.14 bits per heavy atom. The Kier molecular flexibility index (Phi) is 7.68. The molecule has 1 unspecified atom stereocenters. The van der Waals surface area contributed by atoms with Gasteiger partial charge in [-0.15, -0.1) is 10.2 Å². The second-order valence-electron chi connectivity index (χ2n) is 8.91. The highest BCUT2D eigenvalue weighted by Gasteiger charge is 2.47. The first kappa shape index (κ1) is 26.4. The zero-order valence-electron chi connectivity index (χ0n) is 20.8. The minimum atomic E-state index is -4.94. The number of rotatable bonds is 4. The van der Waals surface area contributed by atoms with Gasteiger partial charge in [0.05, 0.1) is 11.3 Å². The molecule has 5 rings (SSSR count). The maximum atomic E-state index is 8.49. The van der Waals surface area contributed by atoms with Gasteiger partial charge >= 0.3 is 5.66 Å². The van der Waals surface area contributed by atoms with Crippen molar-refractivity contribution in [3.63, 3.8) is 0 Å². The number of aromatic nitrogens is 1. The molecule has 7 heteroatoms. The molecule has 0 saturated heterocycles. The van der Waals surface area contributed by atoms with Gasteiger partial charge in [-0.3, -0.25) is 0 Å². The van der Waals surface area contributed by atoms with Crippen LogP contribution in [0.25, 0.3) is 5.57 Å². The van der Waals surface area contributed by atoms with Crippen molar-refractivity contribution >= 4 is 11.3 Å². The van der Waals surface area contributed by atoms with Gasteiger partial charge in [-0.05, 0) is 37.5 Å². The predicted molar refractivity (Wildman–Crippen MR) is 132 cm³/mol. The van der Waals surface area contributed by atoms with E-state index in [1.54, 1.807) is 0 Å². The predicted octanol–water partition coefficient (Wildman–Crippen LogP) is 1.43. The van der Waals surface area contributed by atoms with E-state index in [-0.39, 0.29) is 0 Å². The van der Waals surface area contributed by atoms with Crippen molar-refractivity contribution in [3.8, 4) is 0 Å². The van der Waals surface area contributed by atoms with Crippen molar-refractivity contribution in [1.82, 2.24) is 0 Å². The van der Waals surface area contributed by atoms with Crippen molar-refractivity contribution in [2.75, 3.05) is 0 Å². The summed E-state index contributed by atoms with van der Waals surface area (Å²) in [7, 11) is -4.94. The summed E-state index contributed by atoms with van der Waals surface area (Å²) < 4.78 is 36.2. The lowest BCUT2D eigenvalue weighted by Crippen LogP contribution is -2.68. The maximum absolute atomic E-state index is 8.49. The molecule has 37 heavy (non-hydrogen) atoms. The van der Waals surface area contributed by atoms with E-state index in [1.807, 2.05) is 0 Å². The van der Waals surface area contributed by atoms with E-state index in [4.69, 9.17) is 23.6 Å². The summed E-state index contributed by atoms with van der Waals surface area (Å²) in [6.45, 7) is 6.56. The average Bonchev–Trinajstić information content (AvgIpc) is 3.26. The number of aliphatic imine (C=N–C) groups is 1. The second-order valence-corrected chi connectivity index (χ2v) is 9.67. The number of aryl methyl sites for hydroxylation is 3. The first-order chi connectivity index (χ1) is 17.6. The first-order valence-electron chi connectivity index (χ1n) is 11.7. The van der Waals surface area contributed by atoms with Gasteiger partial charge in [0.1, 0.15) is 0 Å². The normalized spacial score (nSPS) is 16.9. The maximum Gasteiger partial charge on any atom is 0.308 e. The van der Waals surface area contributed by atoms with Gasteiger partial charge in [0.2, 0.25) is 0 Å². The fourth-order valence-corrected chi connectivity index (χ4v) is 4.96. The molecule has 0 radical (unpaired) electrons. The molecule has 4 aromatic rings. The fraction of sp³-hybridized carbons (Fsp3) is 0.133. The fourth-order valence-electron chi connectivity index (χ4n) is 4.96. The number of nitrogens with zero attached hydrogens (tertiary/aromatic N) is 2. The highest BCUT2D eigenvalue weighted by molar-refractivity contribution is 6.33. The van der Waals surface area contributed by atoms with E-state index in [2.05, 4.69) is 135 Å². The van der Waals surface area contributed by atoms with Crippen LogP contribution in [0, 0.1) is 31.0 Å². The lowest BCUT2D eigenvalue weighted by atomic mass is 9.88. The summed E-state index contributed by atoms with van der Waals surface area (Å²) in [6.07, 6.45) is 6.58. The third-order valence-electron chi connectivity index (χ3n) is 6.17. The zero-order chi connectivity index (χ0) is 26.6. The van der Waals surface area contributed by atoms with Gasteiger partial charge in [0, 0.05) is 29.3 Å². The van der Waals surface area contributed by atoms with Crippen LogP contribution in [0.2, 0.25) is 0 Å². The van der Waals surface area contributed by atoms with Crippen molar-refractivity contribution in [3.05, 3.63) is 143 Å². The second kappa shape index (κ2) is 10.8. The molecule has 1 aliphatic heterocycles. The standard InChI is InChI=1S/C30H27N2.ClHO4/c1-22-19-23(2)28(24(3)20-22)30(32-17-11-6-12-18-32)21-27(25-13-7-4-8-14-25)29(31-30)26-15-9-5-10-16-26;2-1(3,4)5/h4-21H,1-3H3;(H,2,3,4,5)/q+1;/p-1. The first-order valence-corrected chi connectivity index (χ1v) is 12.9. The van der Waals surface area contributed by atoms with Crippen molar-refractivity contribution < 1.29 is 33.4 Å². The summed E-state index contributed by atoms with van der Waals surface area (Å²) in [5, 5.41) is 0. The SMILES string of the molecule is Cc1cc(C)c(C2([n+]3ccccc3)C=C(c3ccccc3)C(c3ccccc3)=N2)c(C)c1.[O-][Cl+3]([O-])([O-])[O-]. The van der Waals surface area contributed by atoms with E-state index in [1.165, 1.54) is 27.8 Å². The quantitative estimate of drug-likeness (QED) is 0.384. The van der Waals surface area contributed by atoms with Crippen molar-refractivity contribution in [2.45, 2.75) is 26.4 Å². The number of benzene rings is 3. The van der Waals surface area contributed by atoms with Crippen LogP contribution < -0.4 is 23.2 Å². The molecule has 1 atom stereocenters. The largest absolute Gasteiger partial charge is 0.308 e. The summed E-state index contributed by atoms with van der Waals surface area (Å²) in [6, 6.07) is 31.8. The third kappa shape index (κ3) is 6.02. The highest BCUT2D eigenvalue weighted by Crippen LogP contribution is 2.40. The number of hydrogen-bond acceptors (Lipinski definition) is 5. The van der Waals surface area contributed by atoms with Gasteiger partial charge in [0.15, 0.2) is 12.4 Å². The van der Waals surface area contributed by atoms with Gasteiger partial charge in [0.25, 0.3) is 0 Å². The van der Waals surface area contributed by atoms with Crippen molar-refractivity contribution in [1.29, 1.82) is 0 Å². The average molecular weight is 515 g/mol. The van der Waals surface area contributed by atoms with Gasteiger partial charge in [-0.1, -0.05) is 84.4 Å². The molecule has 0 N–H and O–H groups in total. The van der Waals surface area contributed by atoms with Gasteiger partial charge in [-0.25, -0.2) is 23.6 Å². The van der Waals surface area contributed by atoms with E-state index in [0.29, 0.717) is 0 Å². The summed E-state index contributed by atoms with van der Waals surface area (Å²) >= 11 is 0. The van der Waals surface area contributed by atoms with Gasteiger partial charge < -0.3 is 0 Å². The minimum Gasteiger partial charge on any atom is -0.222 e. The van der Waals surface area contributed by atoms with Crippen LogP contribution in [0.15, 0.2) is 114 Å². The smallest absolute Gasteiger partial charge is 0.222 e. The molecule has 0 amide bonds. The molecule has 1 aliphatic rings. The lowest BCUT2D eigenvalue weighted by molar-refractivity contribution is -2.00. The highest BCUT2D eigenvalue weighted by atomic mass is 35.7. The van der Waals surface area contributed by atoms with Gasteiger partial charge in [-0.2, -0.15) is 4.57 Å². The number of halogens is 1. The van der Waals surface area contributed by atoms with E-state index >= 15 is 0 Å². The topological polar surface area (TPSA) is 108 Å². The van der Waals surface area contributed by atoms with Crippen LogP contribution in [-0.2, 0) is 5.66 Å². The minimum absolute atomic E-state index is 0.653. The van der Waals surface area contributed by atoms with Crippen LogP contribution in [0.3, 0.4) is 0 Å². The monoisotopic (exact) mass is 514 g/mol. The number of pyridine rings is 1. The molecular formula is C30H27ClN2O4. The molecule has 6 nitrogen and oxygen atoms in total. The number of allylic oxidation sites excluding steroid dienone is 1. The van der Waals surface area contributed by atoms with Crippen molar-refractivity contribution in [2.24, 2.45) is 4.99 Å². The van der Waals surface area contributed by atoms with Crippen LogP contribution in [-0.4, -0.2) is 5.71 Å². The Balaban J connectivity index is 0.000000586. The molecule has 3 aromatic carbocycles. The Bertz CT molecular complexity index is 1350. The van der Waals surface area contributed by atoms with Crippen LogP contribution >= 0.6 is 0 Å². The van der Waals surface area contributed by atoms with Crippen LogP contribution in [0.5, 0.6) is 0 Å². The lowest BCUT2D eigenvalue weighted by Gasteiger charge is -2.24. The Hall–Kier alpha value is -3.65.